The molecule has 0 spiro atoms. The van der Waals surface area contributed by atoms with Crippen molar-refractivity contribution in [3.05, 3.63) is 29.8 Å². The number of anilines is 1. The number of rotatable bonds is 8. The van der Waals surface area contributed by atoms with E-state index >= 15 is 0 Å². The summed E-state index contributed by atoms with van der Waals surface area (Å²) in [5, 5.41) is 8.94. The van der Waals surface area contributed by atoms with Gasteiger partial charge in [0.05, 0.1) is 5.56 Å². The molecule has 0 aliphatic carbocycles. The maximum Gasteiger partial charge on any atom is 0.315 e. The molecule has 3 amide bonds. The Morgan fingerprint density at radius 3 is 2.50 bits per heavy atom. The van der Waals surface area contributed by atoms with Gasteiger partial charge in [0.25, 0.3) is 5.91 Å². The van der Waals surface area contributed by atoms with E-state index in [9.17, 15) is 9.59 Å². The molecule has 28 heavy (non-hydrogen) atoms. The van der Waals surface area contributed by atoms with Crippen molar-refractivity contribution in [1.29, 1.82) is 0 Å². The second kappa shape index (κ2) is 10.9. The second-order valence-corrected chi connectivity index (χ2v) is 7.96. The third-order valence-electron chi connectivity index (χ3n) is 4.81. The summed E-state index contributed by atoms with van der Waals surface area (Å²) in [5.74, 6) is -0.0223. The molecule has 1 aliphatic rings. The van der Waals surface area contributed by atoms with Gasteiger partial charge in [-0.2, -0.15) is 0 Å². The molecule has 1 fully saturated rings. The molecule has 1 aromatic carbocycles. The molecule has 1 aliphatic heterocycles. The summed E-state index contributed by atoms with van der Waals surface area (Å²) in [6.07, 6.45) is 2.66. The van der Waals surface area contributed by atoms with Crippen LogP contribution in [0.25, 0.3) is 0 Å². The molecule has 1 saturated heterocycles. The van der Waals surface area contributed by atoms with E-state index in [0.717, 1.165) is 50.1 Å². The monoisotopic (exact) mass is 389 g/mol. The minimum Gasteiger partial charge on any atom is -0.371 e. The van der Waals surface area contributed by atoms with E-state index < -0.39 is 0 Å². The second-order valence-electron chi connectivity index (χ2n) is 7.96. The Kier molecular flexibility index (Phi) is 8.57. The molecular weight excluding hydrogens is 354 g/mol. The fourth-order valence-corrected chi connectivity index (χ4v) is 3.39. The minimum atomic E-state index is -0.106. The molecule has 7 heteroatoms. The number of urea groups is 1. The smallest absolute Gasteiger partial charge is 0.315 e. The number of para-hydroxylation sites is 1. The predicted octanol–water partition coefficient (Wildman–Crippen LogP) is 2.04. The van der Waals surface area contributed by atoms with Crippen molar-refractivity contribution >= 4 is 17.6 Å². The van der Waals surface area contributed by atoms with E-state index in [-0.39, 0.29) is 24.0 Å². The SMILES string of the molecule is CC(C)NC(=O)NC1CCN(c2ccccc2C(=O)NCCCN(C)C)CC1. The van der Waals surface area contributed by atoms with E-state index in [0.29, 0.717) is 6.54 Å². The van der Waals surface area contributed by atoms with Gasteiger partial charge in [-0.05, 0) is 65.9 Å². The van der Waals surface area contributed by atoms with Gasteiger partial charge in [0.15, 0.2) is 0 Å². The fourth-order valence-electron chi connectivity index (χ4n) is 3.39. The molecular formula is C21H35N5O2. The van der Waals surface area contributed by atoms with E-state index in [4.69, 9.17) is 0 Å². The highest BCUT2D eigenvalue weighted by Crippen LogP contribution is 2.24. The van der Waals surface area contributed by atoms with Crippen molar-refractivity contribution in [3.8, 4) is 0 Å². The Labute approximate surface area is 168 Å². The largest absolute Gasteiger partial charge is 0.371 e. The number of piperidine rings is 1. The topological polar surface area (TPSA) is 76.7 Å². The maximum absolute atomic E-state index is 12.6. The van der Waals surface area contributed by atoms with Crippen molar-refractivity contribution in [1.82, 2.24) is 20.9 Å². The average molecular weight is 390 g/mol. The number of benzene rings is 1. The van der Waals surface area contributed by atoms with Crippen molar-refractivity contribution in [2.24, 2.45) is 0 Å². The first-order chi connectivity index (χ1) is 13.4. The van der Waals surface area contributed by atoms with Crippen LogP contribution in [-0.2, 0) is 0 Å². The highest BCUT2D eigenvalue weighted by atomic mass is 16.2. The van der Waals surface area contributed by atoms with E-state index in [1.165, 1.54) is 0 Å². The van der Waals surface area contributed by atoms with Crippen molar-refractivity contribution < 1.29 is 9.59 Å². The normalized spacial score (nSPS) is 15.0. The summed E-state index contributed by atoms with van der Waals surface area (Å²) in [6.45, 7) is 7.15. The van der Waals surface area contributed by atoms with Gasteiger partial charge in [0.2, 0.25) is 0 Å². The lowest BCUT2D eigenvalue weighted by molar-refractivity contribution is 0.0952. The summed E-state index contributed by atoms with van der Waals surface area (Å²) < 4.78 is 0. The van der Waals surface area contributed by atoms with Gasteiger partial charge < -0.3 is 25.8 Å². The summed E-state index contributed by atoms with van der Waals surface area (Å²) in [5.41, 5.74) is 1.69. The van der Waals surface area contributed by atoms with Gasteiger partial charge in [-0.15, -0.1) is 0 Å². The quantitative estimate of drug-likeness (QED) is 0.595. The Morgan fingerprint density at radius 2 is 1.86 bits per heavy atom. The standard InChI is InChI=1S/C21H35N5O2/c1-16(2)23-21(28)24-17-10-14-26(15-11-17)19-9-6-5-8-18(19)20(27)22-12-7-13-25(3)4/h5-6,8-9,16-17H,7,10-15H2,1-4H3,(H,22,27)(H2,23,24,28). The maximum atomic E-state index is 12.6. The molecule has 3 N–H and O–H groups in total. The lowest BCUT2D eigenvalue weighted by atomic mass is 10.0. The molecule has 0 atom stereocenters. The van der Waals surface area contributed by atoms with Crippen LogP contribution in [0.15, 0.2) is 24.3 Å². The summed E-state index contributed by atoms with van der Waals surface area (Å²) in [4.78, 5) is 28.9. The average Bonchev–Trinajstić information content (AvgIpc) is 2.65. The molecule has 0 unspecified atom stereocenters. The first kappa shape index (κ1) is 22.0. The molecule has 2 rings (SSSR count). The van der Waals surface area contributed by atoms with Crippen LogP contribution in [-0.4, -0.2) is 69.2 Å². The van der Waals surface area contributed by atoms with E-state index in [1.807, 2.05) is 52.2 Å². The van der Waals surface area contributed by atoms with Crippen LogP contribution >= 0.6 is 0 Å². The van der Waals surface area contributed by atoms with Crippen LogP contribution in [0.1, 0.15) is 43.5 Å². The van der Waals surface area contributed by atoms with Crippen LogP contribution < -0.4 is 20.9 Å². The van der Waals surface area contributed by atoms with Gasteiger partial charge in [0.1, 0.15) is 0 Å². The molecule has 0 radical (unpaired) electrons. The molecule has 156 valence electrons. The van der Waals surface area contributed by atoms with Crippen molar-refractivity contribution in [2.75, 3.05) is 45.2 Å². The summed E-state index contributed by atoms with van der Waals surface area (Å²) in [7, 11) is 4.06. The van der Waals surface area contributed by atoms with Gasteiger partial charge >= 0.3 is 6.03 Å². The highest BCUT2D eigenvalue weighted by Gasteiger charge is 2.23. The number of hydrogen-bond acceptors (Lipinski definition) is 4. The molecule has 0 bridgehead atoms. The number of nitrogens with zero attached hydrogens (tertiary/aromatic N) is 2. The van der Waals surface area contributed by atoms with Crippen LogP contribution in [0.3, 0.4) is 0 Å². The first-order valence-corrected chi connectivity index (χ1v) is 10.2. The Balaban J connectivity index is 1.89. The predicted molar refractivity (Wildman–Crippen MR) is 114 cm³/mol. The molecule has 1 aromatic rings. The van der Waals surface area contributed by atoms with Gasteiger partial charge in [-0.25, -0.2) is 4.79 Å². The van der Waals surface area contributed by atoms with Crippen LogP contribution in [0.5, 0.6) is 0 Å². The zero-order valence-corrected chi connectivity index (χ0v) is 17.6. The Morgan fingerprint density at radius 1 is 1.18 bits per heavy atom. The number of carbonyl (C=O) groups is 2. The number of nitrogens with one attached hydrogen (secondary N) is 3. The Bertz CT molecular complexity index is 639. The number of hydrogen-bond donors (Lipinski definition) is 3. The third kappa shape index (κ3) is 7.03. The van der Waals surface area contributed by atoms with Crippen LogP contribution in [0.2, 0.25) is 0 Å². The zero-order chi connectivity index (χ0) is 20.5. The Hall–Kier alpha value is -2.28. The zero-order valence-electron chi connectivity index (χ0n) is 17.6. The van der Waals surface area contributed by atoms with E-state index in [2.05, 4.69) is 25.8 Å². The first-order valence-electron chi connectivity index (χ1n) is 10.2. The van der Waals surface area contributed by atoms with Gasteiger partial charge in [0, 0.05) is 37.4 Å². The van der Waals surface area contributed by atoms with Crippen LogP contribution in [0, 0.1) is 0 Å². The van der Waals surface area contributed by atoms with Crippen LogP contribution in [0.4, 0.5) is 10.5 Å². The molecule has 1 heterocycles. The third-order valence-corrected chi connectivity index (χ3v) is 4.81. The lowest BCUT2D eigenvalue weighted by Crippen LogP contribution is -2.49. The van der Waals surface area contributed by atoms with Gasteiger partial charge in [-0.3, -0.25) is 4.79 Å². The molecule has 0 saturated carbocycles. The number of amides is 3. The summed E-state index contributed by atoms with van der Waals surface area (Å²) in [6, 6.07) is 7.96. The number of carbonyl (C=O) groups excluding carboxylic acids is 2. The summed E-state index contributed by atoms with van der Waals surface area (Å²) >= 11 is 0. The van der Waals surface area contributed by atoms with Crippen molar-refractivity contribution in [2.45, 2.75) is 45.2 Å². The lowest BCUT2D eigenvalue weighted by Gasteiger charge is -2.35. The fraction of sp³-hybridized carbons (Fsp3) is 0.619. The van der Waals surface area contributed by atoms with Crippen molar-refractivity contribution in [3.63, 3.8) is 0 Å². The minimum absolute atomic E-state index is 0.0223. The van der Waals surface area contributed by atoms with Gasteiger partial charge in [-0.1, -0.05) is 12.1 Å². The molecule has 7 nitrogen and oxygen atoms in total. The molecule has 0 aromatic heterocycles. The van der Waals surface area contributed by atoms with E-state index in [1.54, 1.807) is 0 Å². The highest BCUT2D eigenvalue weighted by molar-refractivity contribution is 5.99.